The maximum absolute atomic E-state index is 13.0. The van der Waals surface area contributed by atoms with Gasteiger partial charge in [0, 0.05) is 0 Å². The van der Waals surface area contributed by atoms with E-state index in [-0.39, 0.29) is 35.7 Å². The van der Waals surface area contributed by atoms with Crippen LogP contribution in [0.5, 0.6) is 0 Å². The molecule has 0 aromatic carbocycles. The Kier molecular flexibility index (Phi) is 23.1. The average Bonchev–Trinajstić information content (AvgIpc) is 1.67. The molecular formula is C63H106O30. The second kappa shape index (κ2) is 28.9. The van der Waals surface area contributed by atoms with Crippen LogP contribution in [-0.4, -0.2) is 315 Å². The van der Waals surface area contributed by atoms with E-state index in [4.69, 9.17) is 56.8 Å². The minimum atomic E-state index is -1.90. The molecule has 18 N–H and O–H groups in total. The molecule has 0 radical (unpaired) electrons. The van der Waals surface area contributed by atoms with E-state index >= 15 is 0 Å². The van der Waals surface area contributed by atoms with Gasteiger partial charge in [-0.1, -0.05) is 46.3 Å². The summed E-state index contributed by atoms with van der Waals surface area (Å²) in [5.41, 5.74) is -1.95. The van der Waals surface area contributed by atoms with Crippen molar-refractivity contribution in [3.05, 3.63) is 11.6 Å². The second-order valence-corrected chi connectivity index (χ2v) is 30.0. The van der Waals surface area contributed by atoms with Crippen molar-refractivity contribution < 1.29 is 149 Å². The maximum atomic E-state index is 13.0. The summed E-state index contributed by atoms with van der Waals surface area (Å²) in [6.45, 7) is 13.7. The number of fused-ring (bicyclic) bond motifs is 5. The van der Waals surface area contributed by atoms with Crippen LogP contribution in [0.3, 0.4) is 0 Å². The lowest BCUT2D eigenvalue weighted by molar-refractivity contribution is -0.395. The molecule has 10 rings (SSSR count). The van der Waals surface area contributed by atoms with Gasteiger partial charge < -0.3 is 149 Å². The van der Waals surface area contributed by atoms with Crippen LogP contribution in [0, 0.1) is 45.3 Å². The van der Waals surface area contributed by atoms with Crippen LogP contribution in [0.25, 0.3) is 0 Å². The molecule has 4 aliphatic carbocycles. The van der Waals surface area contributed by atoms with Crippen LogP contribution in [-0.2, 0) is 56.8 Å². The first-order valence-electron chi connectivity index (χ1n) is 33.1. The maximum Gasteiger partial charge on any atom is 0.187 e. The van der Waals surface area contributed by atoms with Crippen LogP contribution < -0.4 is 0 Å². The molecular weight excluding hydrogens is 1240 g/mol. The average molecular weight is 1340 g/mol. The normalized spacial score (nSPS) is 53.1. The van der Waals surface area contributed by atoms with E-state index in [9.17, 15) is 91.9 Å². The monoisotopic (exact) mass is 1340 g/mol. The van der Waals surface area contributed by atoms with Crippen molar-refractivity contribution in [1.29, 1.82) is 0 Å². The number of rotatable bonds is 20. The largest absolute Gasteiger partial charge is 0.394 e. The smallest absolute Gasteiger partial charge is 0.187 e. The second-order valence-electron chi connectivity index (χ2n) is 30.0. The minimum Gasteiger partial charge on any atom is -0.394 e. The number of hydrogen-bond acceptors (Lipinski definition) is 30. The number of aliphatic hydroxyl groups excluding tert-OH is 18. The van der Waals surface area contributed by atoms with Gasteiger partial charge in [0.25, 0.3) is 0 Å². The third-order valence-corrected chi connectivity index (χ3v) is 24.0. The SMILES string of the molecule is CC(C)=CCC[C@@](C)(O[C@H]1O[C@@H](CO[C@H]2O[C@H](CO[C@H]3OC[C@H](O)[C@@H](O)[C@@H]3O)[C@@H](O)[C@@H]2O)[C@H](O)[C@@H](O)[C@@H]1O)[C@@H]1CC[C@@]2(C)[C@H]1[C@@H](O)CC1[C@]3(C)CC[C@@H](O[C@H]4O[C@@H](CO)[C@H](O)[C@@H](O)[C@@H]4O[C@H]4O[C@@H](CO)[C@H](O)[C@@H](O)[C@@H]4O[C@H]4OC[C@H](O)[C@@H](O)[C@@H]4O)C(C)(C)[C@H]3CC[C@@]12C. The van der Waals surface area contributed by atoms with Crippen molar-refractivity contribution in [2.24, 2.45) is 45.3 Å². The fourth-order valence-corrected chi connectivity index (χ4v) is 18.3. The van der Waals surface area contributed by atoms with Crippen molar-refractivity contribution in [3.8, 4) is 0 Å². The first-order chi connectivity index (χ1) is 43.7. The van der Waals surface area contributed by atoms with Gasteiger partial charge in [-0.25, -0.2) is 0 Å². The Balaban J connectivity index is 0.837. The lowest BCUT2D eigenvalue weighted by Crippen LogP contribution is -2.68. The van der Waals surface area contributed by atoms with E-state index in [1.807, 2.05) is 20.8 Å². The van der Waals surface area contributed by atoms with Crippen LogP contribution in [0.4, 0.5) is 0 Å². The first-order valence-corrected chi connectivity index (χ1v) is 33.1. The molecule has 0 spiro atoms. The molecule has 6 saturated heterocycles. The zero-order chi connectivity index (χ0) is 67.9. The molecule has 0 aromatic heterocycles. The summed E-state index contributed by atoms with van der Waals surface area (Å²) in [7, 11) is 0. The van der Waals surface area contributed by atoms with E-state index in [1.165, 1.54) is 0 Å². The molecule has 6 aliphatic heterocycles. The number of aliphatic hydroxyl groups is 18. The molecule has 4 saturated carbocycles. The Bertz CT molecular complexity index is 2480. The molecule has 10 aliphatic rings. The van der Waals surface area contributed by atoms with Gasteiger partial charge in [0.15, 0.2) is 37.7 Å². The summed E-state index contributed by atoms with van der Waals surface area (Å²) >= 11 is 0. The van der Waals surface area contributed by atoms with Crippen LogP contribution >= 0.6 is 0 Å². The van der Waals surface area contributed by atoms with Crippen LogP contribution in [0.1, 0.15) is 113 Å². The molecule has 30 heteroatoms. The van der Waals surface area contributed by atoms with Crippen molar-refractivity contribution in [2.45, 2.75) is 297 Å². The highest BCUT2D eigenvalue weighted by molar-refractivity contribution is 5.21. The van der Waals surface area contributed by atoms with Crippen molar-refractivity contribution in [1.82, 2.24) is 0 Å². The lowest BCUT2D eigenvalue weighted by Gasteiger charge is -2.71. The topological polar surface area (TPSA) is 475 Å². The van der Waals surface area contributed by atoms with Gasteiger partial charge in [0.2, 0.25) is 0 Å². The molecule has 6 heterocycles. The molecule has 93 heavy (non-hydrogen) atoms. The minimum absolute atomic E-state index is 0.0257. The summed E-state index contributed by atoms with van der Waals surface area (Å²) in [5, 5.41) is 197. The van der Waals surface area contributed by atoms with Gasteiger partial charge in [-0.05, 0) is 124 Å². The van der Waals surface area contributed by atoms with E-state index in [0.717, 1.165) is 18.4 Å². The zero-order valence-electron chi connectivity index (χ0n) is 54.2. The number of hydrogen-bond donors (Lipinski definition) is 18. The van der Waals surface area contributed by atoms with Gasteiger partial charge in [-0.15, -0.1) is 0 Å². The molecule has 1 unspecified atom stereocenters. The Labute approximate surface area is 540 Å². The Morgan fingerprint density at radius 3 is 1.53 bits per heavy atom. The predicted molar refractivity (Wildman–Crippen MR) is 313 cm³/mol. The number of allylic oxidation sites excluding steroid dienone is 2. The standard InChI is InChI=1S/C63H106O30/c1-25(2)10-9-14-63(8,93-56-50(81)44(75)42(73)32(89-56)24-85-54-49(80)43(74)33(88-54)23-84-53-47(78)38(69)28(67)21-82-53)26-11-16-62(7)37(26)27(66)18-35-60(5)15-13-36(59(3,4)34(60)12-17-61(35,62)6)90-57-51(45(76)40(71)30(19-64)86-57)92-58-52(46(77)41(72)31(20-65)87-58)91-55-48(79)39(70)29(68)22-83-55/h10,26-58,64-81H,9,11-24H2,1-8H3/t26-,27+,28+,29+,30+,31+,32+,33-,34-,35?,36-,37-,38-,39-,40+,41+,42+,43-,44-,45-,46-,47+,48+,49+,50+,51+,52+,53-,54+,55-,56-,57-,58-,60-,61+,62+,63-/m1/s1. The third kappa shape index (κ3) is 13.7. The van der Waals surface area contributed by atoms with Gasteiger partial charge in [0.05, 0.1) is 57.5 Å². The summed E-state index contributed by atoms with van der Waals surface area (Å²) in [6, 6.07) is 0. The Hall–Kier alpha value is -1.46. The summed E-state index contributed by atoms with van der Waals surface area (Å²) in [6.07, 6.45) is -37.7. The highest BCUT2D eigenvalue weighted by Gasteiger charge is 2.72. The van der Waals surface area contributed by atoms with Gasteiger partial charge >= 0.3 is 0 Å². The molecule has 0 amide bonds. The zero-order valence-corrected chi connectivity index (χ0v) is 54.2. The van der Waals surface area contributed by atoms with Crippen molar-refractivity contribution in [3.63, 3.8) is 0 Å². The van der Waals surface area contributed by atoms with Gasteiger partial charge in [0.1, 0.15) is 128 Å². The molecule has 37 atom stereocenters. The highest BCUT2D eigenvalue weighted by atomic mass is 16.8. The number of ether oxygens (including phenoxy) is 12. The molecule has 10 fully saturated rings. The summed E-state index contributed by atoms with van der Waals surface area (Å²) in [5.74, 6) is -0.714. The van der Waals surface area contributed by atoms with E-state index in [1.54, 1.807) is 0 Å². The van der Waals surface area contributed by atoms with E-state index in [0.29, 0.717) is 44.9 Å². The van der Waals surface area contributed by atoms with Crippen LogP contribution in [0.2, 0.25) is 0 Å². The molecule has 538 valence electrons. The predicted octanol–water partition coefficient (Wildman–Crippen LogP) is -4.64. The van der Waals surface area contributed by atoms with Crippen molar-refractivity contribution >= 4 is 0 Å². The van der Waals surface area contributed by atoms with E-state index < -0.39 is 233 Å². The van der Waals surface area contributed by atoms with Gasteiger partial charge in [-0.2, -0.15) is 0 Å². The van der Waals surface area contributed by atoms with Crippen molar-refractivity contribution in [2.75, 3.05) is 39.6 Å². The summed E-state index contributed by atoms with van der Waals surface area (Å²) in [4.78, 5) is 0. The fraction of sp³-hybridized carbons (Fsp3) is 0.968. The molecule has 0 bridgehead atoms. The van der Waals surface area contributed by atoms with Crippen LogP contribution in [0.15, 0.2) is 11.6 Å². The fourth-order valence-electron chi connectivity index (χ4n) is 18.3. The quantitative estimate of drug-likeness (QED) is 0.0403. The van der Waals surface area contributed by atoms with E-state index in [2.05, 4.69) is 40.7 Å². The summed E-state index contributed by atoms with van der Waals surface area (Å²) < 4.78 is 72.4. The Morgan fingerprint density at radius 1 is 0.473 bits per heavy atom. The molecule has 0 aromatic rings. The third-order valence-electron chi connectivity index (χ3n) is 24.0. The lowest BCUT2D eigenvalue weighted by atomic mass is 9.35. The molecule has 30 nitrogen and oxygen atoms in total. The Morgan fingerprint density at radius 2 is 0.946 bits per heavy atom. The van der Waals surface area contributed by atoms with Gasteiger partial charge in [-0.3, -0.25) is 0 Å². The first kappa shape index (κ1) is 74.2. The highest BCUT2D eigenvalue weighted by Crippen LogP contribution is 2.76.